The van der Waals surface area contributed by atoms with Gasteiger partial charge in [-0.05, 0) is 68.1 Å². The Morgan fingerprint density at radius 2 is 2.08 bits per heavy atom. The van der Waals surface area contributed by atoms with E-state index in [9.17, 15) is 7.86 Å². The summed E-state index contributed by atoms with van der Waals surface area (Å²) in [6, 6.07) is 6.04. The Balaban J connectivity index is 2.90. The standard InChI is InChI=1S/C20H24I2O2/c1-4-7-8-10-16-11-12-17(19(15-16)22-24)13-14-18(9-5-2)21-20(23)6-3/h5,9,11-12,15H,4,6-7,13-14H2,1-3H3/b9-5-. The minimum atomic E-state index is -1.21. The molecule has 4 heteroatoms. The van der Waals surface area contributed by atoms with E-state index in [1.54, 1.807) is 0 Å². The zero-order chi connectivity index (χ0) is 17.8. The maximum absolute atomic E-state index is 11.7. The van der Waals surface area contributed by atoms with Gasteiger partial charge in [0.25, 0.3) is 0 Å². The SMILES string of the molecule is C/C=C\C(CCc1ccc(C#CCCC)cc1I=O)=IC(=O)CC. The Bertz CT molecular complexity index is 691. The lowest BCUT2D eigenvalue weighted by Crippen LogP contribution is -1.98. The second kappa shape index (κ2) is 12.6. The summed E-state index contributed by atoms with van der Waals surface area (Å²) in [5, 5.41) is 0. The Morgan fingerprint density at radius 1 is 1.29 bits per heavy atom. The molecule has 1 aromatic rings. The minimum Gasteiger partial charge on any atom is -0.288 e. The lowest BCUT2D eigenvalue weighted by molar-refractivity contribution is -0.109. The highest BCUT2D eigenvalue weighted by Crippen LogP contribution is 2.21. The van der Waals surface area contributed by atoms with Gasteiger partial charge in [0.1, 0.15) is 0 Å². The van der Waals surface area contributed by atoms with Crippen LogP contribution in [-0.2, 0) is 14.3 Å². The molecule has 130 valence electrons. The maximum atomic E-state index is 11.7. The molecular weight excluding hydrogens is 526 g/mol. The monoisotopic (exact) mass is 550 g/mol. The summed E-state index contributed by atoms with van der Waals surface area (Å²) >= 11 is -1.75. The highest BCUT2D eigenvalue weighted by atomic mass is 127. The third-order valence-corrected chi connectivity index (χ3v) is 7.66. The van der Waals surface area contributed by atoms with E-state index >= 15 is 0 Å². The quantitative estimate of drug-likeness (QED) is 0.229. The zero-order valence-corrected chi connectivity index (χ0v) is 18.8. The van der Waals surface area contributed by atoms with Crippen molar-refractivity contribution in [2.45, 2.75) is 52.9 Å². The van der Waals surface area contributed by atoms with Gasteiger partial charge in [0.2, 0.25) is 0 Å². The van der Waals surface area contributed by atoms with E-state index in [0.29, 0.717) is 10.2 Å². The molecule has 0 radical (unpaired) electrons. The second-order valence-electron chi connectivity index (χ2n) is 5.19. The van der Waals surface area contributed by atoms with Crippen LogP contribution in [0, 0.1) is 15.4 Å². The molecule has 1 aromatic carbocycles. The molecule has 24 heavy (non-hydrogen) atoms. The van der Waals surface area contributed by atoms with Gasteiger partial charge in [-0.25, -0.2) is 0 Å². The smallest absolute Gasteiger partial charge is 0.186 e. The van der Waals surface area contributed by atoms with Gasteiger partial charge in [-0.3, -0.25) is 7.86 Å². The van der Waals surface area contributed by atoms with E-state index in [1.807, 2.05) is 32.1 Å². The summed E-state index contributed by atoms with van der Waals surface area (Å²) in [5.41, 5.74) is 2.08. The first-order valence-electron chi connectivity index (χ1n) is 8.19. The van der Waals surface area contributed by atoms with Gasteiger partial charge in [-0.1, -0.05) is 43.9 Å². The fourth-order valence-corrected chi connectivity index (χ4v) is 5.42. The number of benzene rings is 1. The van der Waals surface area contributed by atoms with E-state index in [2.05, 4.69) is 30.9 Å². The summed E-state index contributed by atoms with van der Waals surface area (Å²) < 4.78 is 14.2. The number of halogens is 2. The van der Waals surface area contributed by atoms with Crippen LogP contribution < -0.4 is 0 Å². The van der Waals surface area contributed by atoms with Crippen LogP contribution in [0.1, 0.15) is 57.6 Å². The molecule has 1 rings (SSSR count). The van der Waals surface area contributed by atoms with Crippen molar-refractivity contribution in [1.82, 2.24) is 0 Å². The third-order valence-electron chi connectivity index (χ3n) is 3.23. The lowest BCUT2D eigenvalue weighted by atomic mass is 10.1. The highest BCUT2D eigenvalue weighted by Gasteiger charge is 2.06. The summed E-state index contributed by atoms with van der Waals surface area (Å²) in [5.74, 6) is 6.27. The first-order chi connectivity index (χ1) is 11.6. The molecule has 0 aliphatic heterocycles. The number of rotatable bonds is 8. The molecule has 0 fully saturated rings. The van der Waals surface area contributed by atoms with Crippen molar-refractivity contribution in [1.29, 1.82) is 0 Å². The molecule has 0 spiro atoms. The largest absolute Gasteiger partial charge is 0.288 e. The Kier molecular flexibility index (Phi) is 11.3. The van der Waals surface area contributed by atoms with Crippen molar-refractivity contribution in [3.63, 3.8) is 0 Å². The fourth-order valence-electron chi connectivity index (χ4n) is 1.99. The van der Waals surface area contributed by atoms with E-state index in [1.165, 1.54) is 3.51 Å². The van der Waals surface area contributed by atoms with Crippen LogP contribution in [0.15, 0.2) is 30.4 Å². The van der Waals surface area contributed by atoms with Crippen molar-refractivity contribution in [3.8, 4) is 11.8 Å². The summed E-state index contributed by atoms with van der Waals surface area (Å²) in [7, 11) is 0. The average Bonchev–Trinajstić information content (AvgIpc) is 2.60. The zero-order valence-electron chi connectivity index (χ0n) is 14.5. The van der Waals surface area contributed by atoms with Gasteiger partial charge in [0.05, 0.1) is 3.57 Å². The number of unbranched alkanes of at least 4 members (excludes halogenated alkanes) is 1. The van der Waals surface area contributed by atoms with Crippen molar-refractivity contribution < 1.29 is 7.86 Å². The summed E-state index contributed by atoms with van der Waals surface area (Å²) in [6.45, 7) is 6.02. The average molecular weight is 550 g/mol. The topological polar surface area (TPSA) is 34.1 Å². The molecule has 0 heterocycles. The Hall–Kier alpha value is -0.680. The van der Waals surface area contributed by atoms with Crippen LogP contribution in [0.3, 0.4) is 0 Å². The molecule has 0 N–H and O–H groups in total. The predicted octanol–water partition coefficient (Wildman–Crippen LogP) is 5.91. The van der Waals surface area contributed by atoms with E-state index < -0.39 is 41.9 Å². The molecule has 0 bridgehead atoms. The van der Waals surface area contributed by atoms with Gasteiger partial charge < -0.3 is 0 Å². The number of carbonyl (C=O) groups is 1. The minimum absolute atomic E-state index is 0.375. The second-order valence-corrected chi connectivity index (χ2v) is 9.92. The number of aryl methyl sites for hydroxylation is 1. The number of hydrogen-bond donors (Lipinski definition) is 0. The molecular formula is C20H24I2O2. The maximum Gasteiger partial charge on any atom is 0.186 e. The highest BCUT2D eigenvalue weighted by molar-refractivity contribution is 14.2. The predicted molar refractivity (Wildman–Crippen MR) is 119 cm³/mol. The molecule has 0 saturated heterocycles. The lowest BCUT2D eigenvalue weighted by Gasteiger charge is -2.06. The van der Waals surface area contributed by atoms with Gasteiger partial charge in [0.15, 0.2) is 25.0 Å². The molecule has 0 amide bonds. The van der Waals surface area contributed by atoms with E-state index in [4.69, 9.17) is 0 Å². The van der Waals surface area contributed by atoms with Gasteiger partial charge >= 0.3 is 0 Å². The van der Waals surface area contributed by atoms with Crippen molar-refractivity contribution in [2.24, 2.45) is 0 Å². The third kappa shape index (κ3) is 7.93. The molecule has 0 aliphatic rings. The molecule has 0 atom stereocenters. The summed E-state index contributed by atoms with van der Waals surface area (Å²) in [6.07, 6.45) is 8.37. The van der Waals surface area contributed by atoms with Gasteiger partial charge in [0, 0.05) is 18.4 Å². The molecule has 0 aromatic heterocycles. The summed E-state index contributed by atoms with van der Waals surface area (Å²) in [4.78, 5) is 11.7. The fraction of sp³-hybridized carbons (Fsp3) is 0.400. The first-order valence-corrected chi connectivity index (χ1v) is 12.3. The van der Waals surface area contributed by atoms with E-state index in [-0.39, 0.29) is 0 Å². The first kappa shape index (κ1) is 21.4. The van der Waals surface area contributed by atoms with Crippen molar-refractivity contribution in [2.75, 3.05) is 0 Å². The number of carbonyl (C=O) groups excluding carboxylic acids is 1. The van der Waals surface area contributed by atoms with Crippen LogP contribution in [0.25, 0.3) is 0 Å². The molecule has 0 unspecified atom stereocenters. The van der Waals surface area contributed by atoms with Gasteiger partial charge in [-0.2, -0.15) is 0 Å². The van der Waals surface area contributed by atoms with Crippen molar-refractivity contribution in [3.05, 3.63) is 45.0 Å². The van der Waals surface area contributed by atoms with Crippen molar-refractivity contribution >= 4 is 49.2 Å². The van der Waals surface area contributed by atoms with E-state index in [0.717, 1.165) is 40.4 Å². The normalized spacial score (nSPS) is 11.7. The van der Waals surface area contributed by atoms with Crippen LogP contribution >= 0.6 is 41.9 Å². The van der Waals surface area contributed by atoms with Gasteiger partial charge in [-0.15, -0.1) is 0 Å². The Morgan fingerprint density at radius 3 is 2.71 bits per heavy atom. The molecule has 0 aliphatic carbocycles. The van der Waals surface area contributed by atoms with Crippen LogP contribution in [0.2, 0.25) is 0 Å². The molecule has 0 saturated carbocycles. The van der Waals surface area contributed by atoms with Crippen LogP contribution in [0.5, 0.6) is 0 Å². The number of allylic oxidation sites excluding steroid dienone is 2. The Labute approximate surface area is 165 Å². The van der Waals surface area contributed by atoms with Crippen LogP contribution in [0.4, 0.5) is 0 Å². The molecule has 2 nitrogen and oxygen atoms in total. The van der Waals surface area contributed by atoms with Crippen LogP contribution in [-0.4, -0.2) is 7.30 Å². The number of hydrogen-bond acceptors (Lipinski definition) is 2.